The van der Waals surface area contributed by atoms with Gasteiger partial charge in [0.05, 0.1) is 5.38 Å². The molecule has 2 rings (SSSR count). The van der Waals surface area contributed by atoms with Gasteiger partial charge in [-0.15, -0.1) is 24.0 Å². The molecule has 1 aliphatic heterocycles. The molecular weight excluding hydrogens is 241 g/mol. The van der Waals surface area contributed by atoms with Crippen molar-refractivity contribution < 1.29 is 0 Å². The first-order valence-corrected chi connectivity index (χ1v) is 6.13. The fourth-order valence-electron chi connectivity index (χ4n) is 2.23. The number of aryl methyl sites for hydroxylation is 1. The number of benzene rings is 1. The van der Waals surface area contributed by atoms with Gasteiger partial charge >= 0.3 is 0 Å². The third-order valence-corrected chi connectivity index (χ3v) is 3.52. The van der Waals surface area contributed by atoms with Crippen molar-refractivity contribution in [2.24, 2.45) is 0 Å². The summed E-state index contributed by atoms with van der Waals surface area (Å²) in [6.45, 7) is 5.56. The van der Waals surface area contributed by atoms with Gasteiger partial charge in [0.2, 0.25) is 0 Å². The van der Waals surface area contributed by atoms with Crippen molar-refractivity contribution >= 4 is 24.0 Å². The quantitative estimate of drug-likeness (QED) is 0.747. The highest BCUT2D eigenvalue weighted by molar-refractivity contribution is 6.21. The number of nitrogens with zero attached hydrogens (tertiary/aromatic N) is 1. The zero-order chi connectivity index (χ0) is 10.7. The van der Waals surface area contributed by atoms with Gasteiger partial charge in [-0.1, -0.05) is 24.3 Å². The molecule has 1 heterocycles. The Morgan fingerprint density at radius 3 is 2.50 bits per heavy atom. The average molecular weight is 260 g/mol. The van der Waals surface area contributed by atoms with Crippen molar-refractivity contribution in [3.05, 3.63) is 35.4 Å². The van der Waals surface area contributed by atoms with Gasteiger partial charge in [0, 0.05) is 6.54 Å². The summed E-state index contributed by atoms with van der Waals surface area (Å²) in [6, 6.07) is 8.41. The summed E-state index contributed by atoms with van der Waals surface area (Å²) in [7, 11) is 0. The van der Waals surface area contributed by atoms with Crippen molar-refractivity contribution in [3.63, 3.8) is 0 Å². The SMILES string of the molecule is Cc1ccccc1C(Cl)CN1CCCC1.Cl. The first-order chi connectivity index (χ1) is 7.27. The molecule has 0 amide bonds. The second kappa shape index (κ2) is 6.48. The maximum atomic E-state index is 6.45. The third-order valence-electron chi connectivity index (χ3n) is 3.14. The minimum absolute atomic E-state index is 0. The average Bonchev–Trinajstić information content (AvgIpc) is 2.71. The molecule has 0 N–H and O–H groups in total. The molecule has 1 aromatic rings. The Bertz CT molecular complexity index is 321. The Labute approximate surface area is 109 Å². The number of alkyl halides is 1. The topological polar surface area (TPSA) is 3.24 Å². The molecule has 0 radical (unpaired) electrons. The normalized spacial score (nSPS) is 18.1. The van der Waals surface area contributed by atoms with Crippen LogP contribution in [0.4, 0.5) is 0 Å². The van der Waals surface area contributed by atoms with Crippen LogP contribution in [0.3, 0.4) is 0 Å². The van der Waals surface area contributed by atoms with E-state index in [0.29, 0.717) is 0 Å². The summed E-state index contributed by atoms with van der Waals surface area (Å²) in [6.07, 6.45) is 2.66. The predicted octanol–water partition coefficient (Wildman–Crippen LogP) is 3.79. The van der Waals surface area contributed by atoms with Gasteiger partial charge in [0.15, 0.2) is 0 Å². The molecule has 90 valence electrons. The lowest BCUT2D eigenvalue weighted by molar-refractivity contribution is 0.339. The summed E-state index contributed by atoms with van der Waals surface area (Å²) in [5.74, 6) is 0. The first-order valence-electron chi connectivity index (χ1n) is 5.69. The van der Waals surface area contributed by atoms with E-state index >= 15 is 0 Å². The molecule has 0 aromatic heterocycles. The minimum Gasteiger partial charge on any atom is -0.302 e. The standard InChI is InChI=1S/C13H18ClN.ClH/c1-11-6-2-3-7-12(11)13(14)10-15-8-4-5-9-15;/h2-3,6-7,13H,4-5,8-10H2,1H3;1H. The molecule has 1 unspecified atom stereocenters. The Balaban J connectivity index is 0.00000128. The highest BCUT2D eigenvalue weighted by Crippen LogP contribution is 2.25. The maximum absolute atomic E-state index is 6.45. The van der Waals surface area contributed by atoms with Gasteiger partial charge in [-0.3, -0.25) is 0 Å². The van der Waals surface area contributed by atoms with Gasteiger partial charge in [-0.05, 0) is 44.0 Å². The second-order valence-electron chi connectivity index (χ2n) is 4.33. The molecule has 16 heavy (non-hydrogen) atoms. The van der Waals surface area contributed by atoms with Crippen LogP contribution in [0.2, 0.25) is 0 Å². The van der Waals surface area contributed by atoms with Crippen LogP contribution in [0.5, 0.6) is 0 Å². The molecule has 1 nitrogen and oxygen atoms in total. The third kappa shape index (κ3) is 3.38. The Morgan fingerprint density at radius 2 is 1.88 bits per heavy atom. The molecule has 1 saturated heterocycles. The van der Waals surface area contributed by atoms with Gasteiger partial charge in [-0.25, -0.2) is 0 Å². The zero-order valence-electron chi connectivity index (χ0n) is 9.66. The van der Waals surface area contributed by atoms with Crippen molar-refractivity contribution in [3.8, 4) is 0 Å². The van der Waals surface area contributed by atoms with Crippen LogP contribution in [0, 0.1) is 6.92 Å². The summed E-state index contributed by atoms with van der Waals surface area (Å²) in [4.78, 5) is 2.46. The van der Waals surface area contributed by atoms with Crippen LogP contribution in [-0.2, 0) is 0 Å². The van der Waals surface area contributed by atoms with Crippen LogP contribution < -0.4 is 0 Å². The van der Waals surface area contributed by atoms with E-state index in [1.807, 2.05) is 0 Å². The van der Waals surface area contributed by atoms with Crippen LogP contribution in [0.1, 0.15) is 29.3 Å². The number of likely N-dealkylation sites (tertiary alicyclic amines) is 1. The van der Waals surface area contributed by atoms with E-state index in [9.17, 15) is 0 Å². The number of hydrogen-bond donors (Lipinski definition) is 0. The fraction of sp³-hybridized carbons (Fsp3) is 0.538. The van der Waals surface area contributed by atoms with Crippen molar-refractivity contribution in [1.82, 2.24) is 4.90 Å². The lowest BCUT2D eigenvalue weighted by atomic mass is 10.1. The van der Waals surface area contributed by atoms with Crippen LogP contribution in [-0.4, -0.2) is 24.5 Å². The number of hydrogen-bond acceptors (Lipinski definition) is 1. The van der Waals surface area contributed by atoms with Crippen molar-refractivity contribution in [2.75, 3.05) is 19.6 Å². The molecule has 0 spiro atoms. The molecule has 0 saturated carbocycles. The van der Waals surface area contributed by atoms with Crippen LogP contribution in [0.25, 0.3) is 0 Å². The van der Waals surface area contributed by atoms with E-state index in [2.05, 4.69) is 36.1 Å². The van der Waals surface area contributed by atoms with E-state index in [4.69, 9.17) is 11.6 Å². The zero-order valence-corrected chi connectivity index (χ0v) is 11.2. The molecule has 1 fully saturated rings. The smallest absolute Gasteiger partial charge is 0.0714 e. The van der Waals surface area contributed by atoms with E-state index in [1.165, 1.54) is 37.1 Å². The van der Waals surface area contributed by atoms with Crippen LogP contribution >= 0.6 is 24.0 Å². The molecule has 3 heteroatoms. The van der Waals surface area contributed by atoms with Crippen LogP contribution in [0.15, 0.2) is 24.3 Å². The summed E-state index contributed by atoms with van der Waals surface area (Å²) >= 11 is 6.45. The highest BCUT2D eigenvalue weighted by atomic mass is 35.5. The van der Waals surface area contributed by atoms with Gasteiger partial charge in [0.25, 0.3) is 0 Å². The van der Waals surface area contributed by atoms with E-state index in [0.717, 1.165) is 6.54 Å². The Kier molecular flexibility index (Phi) is 5.60. The monoisotopic (exact) mass is 259 g/mol. The molecule has 1 atom stereocenters. The van der Waals surface area contributed by atoms with Crippen molar-refractivity contribution in [2.45, 2.75) is 25.1 Å². The Morgan fingerprint density at radius 1 is 1.25 bits per heavy atom. The predicted molar refractivity (Wildman–Crippen MR) is 72.7 cm³/mol. The second-order valence-corrected chi connectivity index (χ2v) is 4.86. The van der Waals surface area contributed by atoms with E-state index in [-0.39, 0.29) is 17.8 Å². The van der Waals surface area contributed by atoms with E-state index < -0.39 is 0 Å². The minimum atomic E-state index is 0. The Hall–Kier alpha value is -0.240. The van der Waals surface area contributed by atoms with Gasteiger partial charge in [-0.2, -0.15) is 0 Å². The molecule has 1 aliphatic rings. The molecule has 0 bridgehead atoms. The highest BCUT2D eigenvalue weighted by Gasteiger charge is 2.17. The maximum Gasteiger partial charge on any atom is 0.0714 e. The fourth-order valence-corrected chi connectivity index (χ4v) is 2.67. The first kappa shape index (κ1) is 13.8. The molecular formula is C13H19Cl2N. The number of rotatable bonds is 3. The summed E-state index contributed by atoms with van der Waals surface area (Å²) < 4.78 is 0. The van der Waals surface area contributed by atoms with Crippen molar-refractivity contribution in [1.29, 1.82) is 0 Å². The lowest BCUT2D eigenvalue weighted by Gasteiger charge is -2.20. The largest absolute Gasteiger partial charge is 0.302 e. The molecule has 0 aliphatic carbocycles. The summed E-state index contributed by atoms with van der Waals surface area (Å²) in [5.41, 5.74) is 2.59. The van der Waals surface area contributed by atoms with Gasteiger partial charge in [0.1, 0.15) is 0 Å². The summed E-state index contributed by atoms with van der Waals surface area (Å²) in [5, 5.41) is 0.143. The number of halogens is 2. The van der Waals surface area contributed by atoms with E-state index in [1.54, 1.807) is 0 Å². The molecule has 1 aromatic carbocycles. The van der Waals surface area contributed by atoms with Gasteiger partial charge < -0.3 is 4.90 Å². The lowest BCUT2D eigenvalue weighted by Crippen LogP contribution is -2.23.